The Bertz CT molecular complexity index is 1000. The second-order valence-corrected chi connectivity index (χ2v) is 6.09. The fraction of sp³-hybridized carbons (Fsp3) is 0.263. The van der Waals surface area contributed by atoms with Gasteiger partial charge in [-0.25, -0.2) is 4.98 Å². The zero-order valence-corrected chi connectivity index (χ0v) is 16.3. The highest BCUT2D eigenvalue weighted by atomic mass is 35.5. The molecule has 0 saturated heterocycles. The fourth-order valence-electron chi connectivity index (χ4n) is 2.84. The van der Waals surface area contributed by atoms with Gasteiger partial charge in [0.2, 0.25) is 0 Å². The predicted octanol–water partition coefficient (Wildman–Crippen LogP) is 3.96. The summed E-state index contributed by atoms with van der Waals surface area (Å²) in [6, 6.07) is 6.83. The molecule has 0 aliphatic rings. The molecule has 0 atom stereocenters. The van der Waals surface area contributed by atoms with Crippen molar-refractivity contribution in [1.82, 2.24) is 9.38 Å². The quantitative estimate of drug-likeness (QED) is 0.690. The normalized spacial score (nSPS) is 10.7. The number of benzene rings is 1. The predicted molar refractivity (Wildman–Crippen MR) is 104 cm³/mol. The number of hydrogen-bond acceptors (Lipinski definition) is 5. The third kappa shape index (κ3) is 3.50. The van der Waals surface area contributed by atoms with Gasteiger partial charge < -0.3 is 19.5 Å². The Morgan fingerprint density at radius 1 is 1.22 bits per heavy atom. The van der Waals surface area contributed by atoms with Crippen molar-refractivity contribution < 1.29 is 19.0 Å². The maximum Gasteiger partial charge on any atom is 0.274 e. The number of carbonyl (C=O) groups is 1. The zero-order chi connectivity index (χ0) is 19.6. The number of aromatic nitrogens is 2. The SMILES string of the molecule is CCOc1cccn2c(C(=O)Nc3cc(OC)c(Cl)cc3OC)c(C)nc12. The highest BCUT2D eigenvalue weighted by Gasteiger charge is 2.21. The number of hydrogen-bond donors (Lipinski definition) is 1. The van der Waals surface area contributed by atoms with Crippen LogP contribution in [-0.4, -0.2) is 36.1 Å². The first-order chi connectivity index (χ1) is 13.0. The molecule has 0 aliphatic heterocycles. The van der Waals surface area contributed by atoms with Gasteiger partial charge in [-0.2, -0.15) is 0 Å². The molecule has 27 heavy (non-hydrogen) atoms. The van der Waals surface area contributed by atoms with Gasteiger partial charge in [-0.15, -0.1) is 0 Å². The molecule has 0 spiro atoms. The Hall–Kier alpha value is -2.93. The first-order valence-corrected chi connectivity index (χ1v) is 8.71. The van der Waals surface area contributed by atoms with Crippen molar-refractivity contribution in [3.63, 3.8) is 0 Å². The first kappa shape index (κ1) is 18.8. The molecule has 1 aromatic carbocycles. The van der Waals surface area contributed by atoms with E-state index < -0.39 is 0 Å². The number of halogens is 1. The Morgan fingerprint density at radius 3 is 2.63 bits per heavy atom. The third-order valence-electron chi connectivity index (χ3n) is 4.03. The summed E-state index contributed by atoms with van der Waals surface area (Å²) in [5, 5.41) is 3.23. The summed E-state index contributed by atoms with van der Waals surface area (Å²) in [5.74, 6) is 1.14. The molecule has 0 bridgehead atoms. The molecule has 1 N–H and O–H groups in total. The fourth-order valence-corrected chi connectivity index (χ4v) is 3.07. The number of anilines is 1. The zero-order valence-electron chi connectivity index (χ0n) is 15.5. The number of amides is 1. The van der Waals surface area contributed by atoms with Gasteiger partial charge in [0.05, 0.1) is 37.2 Å². The molecule has 1 amide bonds. The van der Waals surface area contributed by atoms with Crippen LogP contribution in [0.5, 0.6) is 17.2 Å². The minimum absolute atomic E-state index is 0.337. The van der Waals surface area contributed by atoms with E-state index in [1.54, 1.807) is 29.7 Å². The summed E-state index contributed by atoms with van der Waals surface area (Å²) < 4.78 is 17.8. The van der Waals surface area contributed by atoms with Crippen LogP contribution in [0.25, 0.3) is 5.65 Å². The van der Waals surface area contributed by atoms with Gasteiger partial charge in [0.15, 0.2) is 11.4 Å². The van der Waals surface area contributed by atoms with Crippen molar-refractivity contribution >= 4 is 28.8 Å². The van der Waals surface area contributed by atoms with Crippen molar-refractivity contribution in [3.05, 3.63) is 46.9 Å². The molecule has 2 heterocycles. The molecule has 3 aromatic rings. The number of ether oxygens (including phenoxy) is 3. The van der Waals surface area contributed by atoms with Gasteiger partial charge in [0, 0.05) is 18.3 Å². The number of carbonyl (C=O) groups excluding carboxylic acids is 1. The number of pyridine rings is 1. The largest absolute Gasteiger partial charge is 0.495 e. The number of nitrogens with zero attached hydrogens (tertiary/aromatic N) is 2. The number of imidazole rings is 1. The highest BCUT2D eigenvalue weighted by molar-refractivity contribution is 6.32. The number of fused-ring (bicyclic) bond motifs is 1. The molecule has 0 fully saturated rings. The van der Waals surface area contributed by atoms with Crippen LogP contribution in [0, 0.1) is 6.92 Å². The molecule has 0 radical (unpaired) electrons. The van der Waals surface area contributed by atoms with E-state index in [9.17, 15) is 4.79 Å². The molecular formula is C19H20ClN3O4. The van der Waals surface area contributed by atoms with E-state index in [0.717, 1.165) is 0 Å². The molecule has 0 unspecified atom stereocenters. The lowest BCUT2D eigenvalue weighted by molar-refractivity contribution is 0.102. The van der Waals surface area contributed by atoms with Crippen molar-refractivity contribution in [3.8, 4) is 17.2 Å². The van der Waals surface area contributed by atoms with E-state index in [1.165, 1.54) is 14.2 Å². The third-order valence-corrected chi connectivity index (χ3v) is 4.32. The second-order valence-electron chi connectivity index (χ2n) is 5.69. The molecule has 0 saturated carbocycles. The smallest absolute Gasteiger partial charge is 0.274 e. The topological polar surface area (TPSA) is 74.1 Å². The summed E-state index contributed by atoms with van der Waals surface area (Å²) in [4.78, 5) is 17.5. The maximum atomic E-state index is 13.0. The minimum atomic E-state index is -0.337. The van der Waals surface area contributed by atoms with E-state index in [-0.39, 0.29) is 5.91 Å². The summed E-state index contributed by atoms with van der Waals surface area (Å²) in [6.45, 7) is 4.18. The average molecular weight is 390 g/mol. The van der Waals surface area contributed by atoms with E-state index in [0.29, 0.717) is 51.6 Å². The van der Waals surface area contributed by atoms with Crippen molar-refractivity contribution in [2.24, 2.45) is 0 Å². The lowest BCUT2D eigenvalue weighted by atomic mass is 10.2. The Kier molecular flexibility index (Phi) is 5.41. The van der Waals surface area contributed by atoms with E-state index in [2.05, 4.69) is 10.3 Å². The van der Waals surface area contributed by atoms with E-state index >= 15 is 0 Å². The maximum absolute atomic E-state index is 13.0. The molecule has 8 heteroatoms. The highest BCUT2D eigenvalue weighted by Crippen LogP contribution is 2.36. The Morgan fingerprint density at radius 2 is 1.96 bits per heavy atom. The van der Waals surface area contributed by atoms with Crippen molar-refractivity contribution in [1.29, 1.82) is 0 Å². The lowest BCUT2D eigenvalue weighted by Crippen LogP contribution is -2.16. The van der Waals surface area contributed by atoms with Crippen LogP contribution < -0.4 is 19.5 Å². The number of nitrogens with one attached hydrogen (secondary N) is 1. The van der Waals surface area contributed by atoms with Crippen LogP contribution in [0.2, 0.25) is 5.02 Å². The molecule has 7 nitrogen and oxygen atoms in total. The van der Waals surface area contributed by atoms with Gasteiger partial charge >= 0.3 is 0 Å². The molecule has 3 rings (SSSR count). The second kappa shape index (κ2) is 7.75. The monoisotopic (exact) mass is 389 g/mol. The average Bonchev–Trinajstić information content (AvgIpc) is 3.00. The van der Waals surface area contributed by atoms with E-state index in [4.69, 9.17) is 25.8 Å². The number of methoxy groups -OCH3 is 2. The van der Waals surface area contributed by atoms with Gasteiger partial charge in [-0.3, -0.25) is 9.20 Å². The lowest BCUT2D eigenvalue weighted by Gasteiger charge is -2.13. The minimum Gasteiger partial charge on any atom is -0.495 e. The molecular weight excluding hydrogens is 370 g/mol. The van der Waals surface area contributed by atoms with Crippen LogP contribution in [0.1, 0.15) is 23.1 Å². The van der Waals surface area contributed by atoms with Gasteiger partial charge in [0.25, 0.3) is 5.91 Å². The van der Waals surface area contributed by atoms with Crippen molar-refractivity contribution in [2.75, 3.05) is 26.1 Å². The van der Waals surface area contributed by atoms with Gasteiger partial charge in [-0.1, -0.05) is 11.6 Å². The first-order valence-electron chi connectivity index (χ1n) is 8.33. The van der Waals surface area contributed by atoms with Gasteiger partial charge in [-0.05, 0) is 26.0 Å². The van der Waals surface area contributed by atoms with Crippen LogP contribution in [-0.2, 0) is 0 Å². The van der Waals surface area contributed by atoms with Crippen LogP contribution >= 0.6 is 11.6 Å². The van der Waals surface area contributed by atoms with E-state index in [1.807, 2.05) is 19.1 Å². The van der Waals surface area contributed by atoms with Crippen LogP contribution in [0.15, 0.2) is 30.5 Å². The van der Waals surface area contributed by atoms with Crippen molar-refractivity contribution in [2.45, 2.75) is 13.8 Å². The summed E-state index contributed by atoms with van der Waals surface area (Å²) in [5.41, 5.74) is 2.02. The number of rotatable bonds is 6. The summed E-state index contributed by atoms with van der Waals surface area (Å²) >= 11 is 6.12. The molecule has 142 valence electrons. The van der Waals surface area contributed by atoms with Gasteiger partial charge in [0.1, 0.15) is 17.2 Å². The number of aryl methyl sites for hydroxylation is 1. The Labute approximate surface area is 161 Å². The molecule has 2 aromatic heterocycles. The Balaban J connectivity index is 2.03. The standard InChI is InChI=1S/C19H20ClN3O4/c1-5-27-14-7-6-8-23-17(11(2)21-18(14)23)19(24)22-13-10-15(25-3)12(20)9-16(13)26-4/h6-10H,5H2,1-4H3,(H,22,24). The van der Waals surface area contributed by atoms with Crippen LogP contribution in [0.3, 0.4) is 0 Å². The van der Waals surface area contributed by atoms with Crippen LogP contribution in [0.4, 0.5) is 5.69 Å². The summed E-state index contributed by atoms with van der Waals surface area (Å²) in [6.07, 6.45) is 1.77. The molecule has 0 aliphatic carbocycles. The summed E-state index contributed by atoms with van der Waals surface area (Å²) in [7, 11) is 3.00.